The zero-order valence-electron chi connectivity index (χ0n) is 7.81. The van der Waals surface area contributed by atoms with Crippen LogP contribution in [0, 0.1) is 0 Å². The van der Waals surface area contributed by atoms with Crippen LogP contribution in [0.1, 0.15) is 39.5 Å². The molecule has 0 N–H and O–H groups in total. The topological polar surface area (TPSA) is 26.3 Å². The van der Waals surface area contributed by atoms with E-state index in [1.165, 1.54) is 12.8 Å². The minimum Gasteiger partial charge on any atom is -0.462 e. The first kappa shape index (κ1) is 11.9. The second-order valence-corrected chi connectivity index (χ2v) is 3.49. The SMILES string of the molecule is CCCCCC(C)OC(=O)CBr. The first-order chi connectivity index (χ1) is 5.70. The summed E-state index contributed by atoms with van der Waals surface area (Å²) in [5, 5.41) is 0.297. The summed E-state index contributed by atoms with van der Waals surface area (Å²) in [7, 11) is 0. The molecule has 12 heavy (non-hydrogen) atoms. The number of alkyl halides is 1. The Morgan fingerprint density at radius 1 is 1.50 bits per heavy atom. The van der Waals surface area contributed by atoms with Gasteiger partial charge in [0.2, 0.25) is 0 Å². The van der Waals surface area contributed by atoms with E-state index in [0.717, 1.165) is 12.8 Å². The van der Waals surface area contributed by atoms with Crippen LogP contribution < -0.4 is 0 Å². The van der Waals surface area contributed by atoms with E-state index in [1.54, 1.807) is 0 Å². The van der Waals surface area contributed by atoms with Gasteiger partial charge >= 0.3 is 5.97 Å². The molecule has 0 saturated carbocycles. The highest BCUT2D eigenvalue weighted by atomic mass is 79.9. The van der Waals surface area contributed by atoms with Crippen LogP contribution in [0.25, 0.3) is 0 Å². The summed E-state index contributed by atoms with van der Waals surface area (Å²) in [6.45, 7) is 4.10. The van der Waals surface area contributed by atoms with Crippen molar-refractivity contribution >= 4 is 21.9 Å². The predicted octanol–water partition coefficient (Wildman–Crippen LogP) is 2.89. The van der Waals surface area contributed by atoms with Gasteiger partial charge in [0.15, 0.2) is 0 Å². The Morgan fingerprint density at radius 3 is 2.67 bits per heavy atom. The third-order valence-electron chi connectivity index (χ3n) is 1.66. The summed E-state index contributed by atoms with van der Waals surface area (Å²) in [4.78, 5) is 10.8. The van der Waals surface area contributed by atoms with Crippen LogP contribution in [0.4, 0.5) is 0 Å². The van der Waals surface area contributed by atoms with Crippen molar-refractivity contribution in [3.8, 4) is 0 Å². The van der Waals surface area contributed by atoms with E-state index < -0.39 is 0 Å². The van der Waals surface area contributed by atoms with E-state index in [2.05, 4.69) is 22.9 Å². The van der Waals surface area contributed by atoms with Crippen molar-refractivity contribution in [2.24, 2.45) is 0 Å². The fourth-order valence-corrected chi connectivity index (χ4v) is 1.13. The molecule has 0 saturated heterocycles. The molecular weight excluding hydrogens is 220 g/mol. The largest absolute Gasteiger partial charge is 0.462 e. The lowest BCUT2D eigenvalue weighted by Crippen LogP contribution is -2.15. The number of hydrogen-bond donors (Lipinski definition) is 0. The first-order valence-corrected chi connectivity index (χ1v) is 5.58. The van der Waals surface area contributed by atoms with Crippen molar-refractivity contribution in [1.82, 2.24) is 0 Å². The van der Waals surface area contributed by atoms with Gasteiger partial charge < -0.3 is 4.74 Å². The van der Waals surface area contributed by atoms with Gasteiger partial charge in [-0.15, -0.1) is 0 Å². The molecule has 1 unspecified atom stereocenters. The van der Waals surface area contributed by atoms with Gasteiger partial charge in [0.05, 0.1) is 6.10 Å². The summed E-state index contributed by atoms with van der Waals surface area (Å²) in [5.74, 6) is -0.168. The number of halogens is 1. The lowest BCUT2D eigenvalue weighted by molar-refractivity contribution is -0.145. The monoisotopic (exact) mass is 236 g/mol. The van der Waals surface area contributed by atoms with Gasteiger partial charge in [-0.3, -0.25) is 4.79 Å². The normalized spacial score (nSPS) is 12.6. The molecule has 0 spiro atoms. The average molecular weight is 237 g/mol. The maximum absolute atomic E-state index is 10.8. The zero-order valence-corrected chi connectivity index (χ0v) is 9.39. The summed E-state index contributed by atoms with van der Waals surface area (Å²) in [6.07, 6.45) is 4.62. The van der Waals surface area contributed by atoms with Crippen molar-refractivity contribution in [2.45, 2.75) is 45.6 Å². The second kappa shape index (κ2) is 7.59. The van der Waals surface area contributed by atoms with Gasteiger partial charge in [-0.1, -0.05) is 35.7 Å². The molecule has 0 amide bonds. The number of carbonyl (C=O) groups is 1. The molecule has 0 aliphatic carbocycles. The lowest BCUT2D eigenvalue weighted by Gasteiger charge is -2.11. The highest BCUT2D eigenvalue weighted by Crippen LogP contribution is 2.06. The molecule has 0 aliphatic rings. The third kappa shape index (κ3) is 6.65. The molecule has 0 fully saturated rings. The maximum Gasteiger partial charge on any atom is 0.316 e. The standard InChI is InChI=1S/C9H17BrO2/c1-3-4-5-6-8(2)12-9(11)7-10/h8H,3-7H2,1-2H3. The Balaban J connectivity index is 3.32. The lowest BCUT2D eigenvalue weighted by atomic mass is 10.1. The number of unbranched alkanes of at least 4 members (excludes halogenated alkanes) is 2. The quantitative estimate of drug-likeness (QED) is 0.403. The van der Waals surface area contributed by atoms with Crippen LogP contribution in [0.2, 0.25) is 0 Å². The number of esters is 1. The van der Waals surface area contributed by atoms with Gasteiger partial charge in [-0.25, -0.2) is 0 Å². The Hall–Kier alpha value is -0.0500. The van der Waals surface area contributed by atoms with Crippen LogP contribution in [-0.2, 0) is 9.53 Å². The highest BCUT2D eigenvalue weighted by molar-refractivity contribution is 9.09. The number of ether oxygens (including phenoxy) is 1. The summed E-state index contributed by atoms with van der Waals surface area (Å²) in [6, 6.07) is 0. The molecule has 0 heterocycles. The molecule has 2 nitrogen and oxygen atoms in total. The van der Waals surface area contributed by atoms with E-state index in [9.17, 15) is 4.79 Å². The molecule has 3 heteroatoms. The van der Waals surface area contributed by atoms with Crippen molar-refractivity contribution in [2.75, 3.05) is 5.33 Å². The molecule has 0 aliphatic heterocycles. The van der Waals surface area contributed by atoms with E-state index in [-0.39, 0.29) is 12.1 Å². The maximum atomic E-state index is 10.8. The van der Waals surface area contributed by atoms with Crippen LogP contribution in [0.5, 0.6) is 0 Å². The van der Waals surface area contributed by atoms with Crippen molar-refractivity contribution < 1.29 is 9.53 Å². The Labute approximate surface area is 82.8 Å². The van der Waals surface area contributed by atoms with Crippen molar-refractivity contribution in [3.63, 3.8) is 0 Å². The van der Waals surface area contributed by atoms with E-state index in [1.807, 2.05) is 6.92 Å². The van der Waals surface area contributed by atoms with Crippen LogP contribution in [-0.4, -0.2) is 17.4 Å². The van der Waals surface area contributed by atoms with Crippen LogP contribution >= 0.6 is 15.9 Å². The number of carbonyl (C=O) groups excluding carboxylic acids is 1. The van der Waals surface area contributed by atoms with Crippen molar-refractivity contribution in [3.05, 3.63) is 0 Å². The molecule has 1 atom stereocenters. The van der Waals surface area contributed by atoms with Gasteiger partial charge in [0, 0.05) is 0 Å². The van der Waals surface area contributed by atoms with Gasteiger partial charge in [0.1, 0.15) is 5.33 Å². The molecule has 0 radical (unpaired) electrons. The van der Waals surface area contributed by atoms with Crippen LogP contribution in [0.15, 0.2) is 0 Å². The molecule has 0 aromatic heterocycles. The van der Waals surface area contributed by atoms with E-state index in [0.29, 0.717) is 5.33 Å². The summed E-state index contributed by atoms with van der Waals surface area (Å²) >= 11 is 3.05. The summed E-state index contributed by atoms with van der Waals surface area (Å²) < 4.78 is 5.06. The third-order valence-corrected chi connectivity index (χ3v) is 2.11. The summed E-state index contributed by atoms with van der Waals surface area (Å²) in [5.41, 5.74) is 0. The Kier molecular flexibility index (Phi) is 7.56. The predicted molar refractivity (Wildman–Crippen MR) is 53.5 cm³/mol. The zero-order chi connectivity index (χ0) is 9.40. The van der Waals surface area contributed by atoms with Gasteiger partial charge in [0.25, 0.3) is 0 Å². The minimum atomic E-state index is -0.168. The van der Waals surface area contributed by atoms with Crippen molar-refractivity contribution in [1.29, 1.82) is 0 Å². The van der Waals surface area contributed by atoms with E-state index in [4.69, 9.17) is 4.74 Å². The van der Waals surface area contributed by atoms with Crippen LogP contribution in [0.3, 0.4) is 0 Å². The average Bonchev–Trinajstić information content (AvgIpc) is 2.05. The fraction of sp³-hybridized carbons (Fsp3) is 0.889. The molecule has 72 valence electrons. The fourth-order valence-electron chi connectivity index (χ4n) is 0.997. The first-order valence-electron chi connectivity index (χ1n) is 4.46. The molecule has 0 aromatic rings. The molecule has 0 aromatic carbocycles. The van der Waals surface area contributed by atoms with E-state index >= 15 is 0 Å². The number of rotatable bonds is 6. The molecule has 0 rings (SSSR count). The Bertz CT molecular complexity index is 126. The molecule has 0 bridgehead atoms. The van der Waals surface area contributed by atoms with Gasteiger partial charge in [-0.05, 0) is 19.8 Å². The number of hydrogen-bond acceptors (Lipinski definition) is 2. The highest BCUT2D eigenvalue weighted by Gasteiger charge is 2.06. The molecular formula is C9H17BrO2. The Morgan fingerprint density at radius 2 is 2.17 bits per heavy atom. The smallest absolute Gasteiger partial charge is 0.316 e. The minimum absolute atomic E-state index is 0.0709. The van der Waals surface area contributed by atoms with Gasteiger partial charge in [-0.2, -0.15) is 0 Å². The second-order valence-electron chi connectivity index (χ2n) is 2.93.